The fourth-order valence-electron chi connectivity index (χ4n) is 3.38. The molecule has 0 amide bonds. The molecule has 0 aromatic carbocycles. The second-order valence-electron chi connectivity index (χ2n) is 4.87. The highest BCUT2D eigenvalue weighted by atomic mass is 15.3. The van der Waals surface area contributed by atoms with Crippen LogP contribution < -0.4 is 0 Å². The van der Waals surface area contributed by atoms with Gasteiger partial charge in [0.05, 0.1) is 6.04 Å². The van der Waals surface area contributed by atoms with Crippen molar-refractivity contribution in [1.29, 1.82) is 0 Å². The Bertz CT molecular complexity index is 342. The number of nitrogens with zero attached hydrogens (tertiary/aromatic N) is 2. The maximum atomic E-state index is 2.75. The van der Waals surface area contributed by atoms with Gasteiger partial charge in [0, 0.05) is 31.0 Å². The third-order valence-corrected chi connectivity index (χ3v) is 4.16. The first kappa shape index (κ1) is 9.46. The van der Waals surface area contributed by atoms with Crippen LogP contribution >= 0.6 is 0 Å². The monoisotopic (exact) mass is 204 g/mol. The second-order valence-corrected chi connectivity index (χ2v) is 4.87. The summed E-state index contributed by atoms with van der Waals surface area (Å²) in [7, 11) is 0. The molecule has 1 fully saturated rings. The summed E-state index contributed by atoms with van der Waals surface area (Å²) in [5.41, 5.74) is 1.56. The maximum absolute atomic E-state index is 2.75. The number of rotatable bonds is 1. The van der Waals surface area contributed by atoms with Gasteiger partial charge in [-0.3, -0.25) is 4.90 Å². The van der Waals surface area contributed by atoms with E-state index in [-0.39, 0.29) is 0 Å². The Morgan fingerprint density at radius 3 is 3.13 bits per heavy atom. The minimum Gasteiger partial charge on any atom is -0.349 e. The molecule has 2 nitrogen and oxygen atoms in total. The lowest BCUT2D eigenvalue weighted by Gasteiger charge is -2.45. The Balaban J connectivity index is 1.92. The summed E-state index contributed by atoms with van der Waals surface area (Å²) in [5, 5.41) is 0. The zero-order valence-electron chi connectivity index (χ0n) is 9.52. The molecule has 1 saturated heterocycles. The lowest BCUT2D eigenvalue weighted by atomic mass is 9.91. The van der Waals surface area contributed by atoms with Crippen LogP contribution in [-0.4, -0.2) is 22.1 Å². The largest absolute Gasteiger partial charge is 0.349 e. The smallest absolute Gasteiger partial charge is 0.0504 e. The zero-order valence-corrected chi connectivity index (χ0v) is 9.52. The van der Waals surface area contributed by atoms with Crippen LogP contribution in [0.4, 0.5) is 0 Å². The van der Waals surface area contributed by atoms with E-state index in [0.29, 0.717) is 6.04 Å². The highest BCUT2D eigenvalue weighted by Gasteiger charge is 2.34. The molecule has 0 radical (unpaired) electrons. The quantitative estimate of drug-likeness (QED) is 0.683. The molecule has 2 heteroatoms. The molecule has 0 saturated carbocycles. The van der Waals surface area contributed by atoms with Crippen LogP contribution in [0.3, 0.4) is 0 Å². The van der Waals surface area contributed by atoms with Crippen molar-refractivity contribution in [2.75, 3.05) is 6.54 Å². The van der Waals surface area contributed by atoms with Gasteiger partial charge in [-0.15, -0.1) is 0 Å². The van der Waals surface area contributed by atoms with Crippen molar-refractivity contribution in [3.8, 4) is 0 Å². The Labute approximate surface area is 91.9 Å². The molecule has 1 aromatic rings. The van der Waals surface area contributed by atoms with Crippen molar-refractivity contribution in [3.63, 3.8) is 0 Å². The SMILES string of the molecule is CC[C@@H]1CCC[C@H]2c3cccn3CCN12. The van der Waals surface area contributed by atoms with E-state index >= 15 is 0 Å². The van der Waals surface area contributed by atoms with Gasteiger partial charge < -0.3 is 4.57 Å². The molecule has 2 atom stereocenters. The van der Waals surface area contributed by atoms with E-state index < -0.39 is 0 Å². The van der Waals surface area contributed by atoms with E-state index in [0.717, 1.165) is 6.04 Å². The van der Waals surface area contributed by atoms with E-state index in [1.807, 2.05) is 0 Å². The minimum atomic E-state index is 0.715. The maximum Gasteiger partial charge on any atom is 0.0504 e. The topological polar surface area (TPSA) is 8.17 Å². The second kappa shape index (κ2) is 3.67. The highest BCUT2D eigenvalue weighted by Crippen LogP contribution is 2.37. The van der Waals surface area contributed by atoms with E-state index in [1.165, 1.54) is 38.8 Å². The van der Waals surface area contributed by atoms with Crippen molar-refractivity contribution >= 4 is 0 Å². The van der Waals surface area contributed by atoms with Gasteiger partial charge in [0.15, 0.2) is 0 Å². The lowest BCUT2D eigenvalue weighted by Crippen LogP contribution is -2.46. The molecule has 0 unspecified atom stereocenters. The predicted molar refractivity (Wildman–Crippen MR) is 61.8 cm³/mol. The average Bonchev–Trinajstić information content (AvgIpc) is 2.76. The Morgan fingerprint density at radius 1 is 1.33 bits per heavy atom. The van der Waals surface area contributed by atoms with Crippen LogP contribution in [0.25, 0.3) is 0 Å². The number of hydrogen-bond acceptors (Lipinski definition) is 1. The molecular weight excluding hydrogens is 184 g/mol. The summed E-state index contributed by atoms with van der Waals surface area (Å²) in [6.45, 7) is 4.78. The standard InChI is InChI=1S/C13H20N2/c1-2-11-5-3-6-13-12-7-4-8-14(12)9-10-15(11)13/h4,7-8,11,13H,2-3,5-6,9-10H2,1H3/t11-,13+/m1/s1. The number of aromatic nitrogens is 1. The van der Waals surface area contributed by atoms with Gasteiger partial charge in [0.2, 0.25) is 0 Å². The molecular formula is C13H20N2. The van der Waals surface area contributed by atoms with Crippen molar-refractivity contribution in [3.05, 3.63) is 24.0 Å². The average molecular weight is 204 g/mol. The van der Waals surface area contributed by atoms with Gasteiger partial charge in [-0.05, 0) is 37.8 Å². The van der Waals surface area contributed by atoms with Crippen molar-refractivity contribution in [2.24, 2.45) is 0 Å². The molecule has 0 spiro atoms. The van der Waals surface area contributed by atoms with E-state index in [1.54, 1.807) is 5.69 Å². The Morgan fingerprint density at radius 2 is 2.27 bits per heavy atom. The molecule has 15 heavy (non-hydrogen) atoms. The molecule has 0 aliphatic carbocycles. The summed E-state index contributed by atoms with van der Waals surface area (Å²) in [6, 6.07) is 6.07. The molecule has 82 valence electrons. The normalized spacial score (nSPS) is 31.0. The fourth-order valence-corrected chi connectivity index (χ4v) is 3.38. The number of fused-ring (bicyclic) bond motifs is 3. The van der Waals surface area contributed by atoms with E-state index in [2.05, 4.69) is 34.7 Å². The summed E-state index contributed by atoms with van der Waals surface area (Å²) < 4.78 is 2.44. The van der Waals surface area contributed by atoms with Crippen molar-refractivity contribution < 1.29 is 0 Å². The van der Waals surface area contributed by atoms with Crippen LogP contribution in [0.2, 0.25) is 0 Å². The Hall–Kier alpha value is -0.760. The first-order chi connectivity index (χ1) is 7.40. The van der Waals surface area contributed by atoms with Gasteiger partial charge in [-0.25, -0.2) is 0 Å². The van der Waals surface area contributed by atoms with Crippen LogP contribution in [0.15, 0.2) is 18.3 Å². The molecule has 2 aliphatic rings. The van der Waals surface area contributed by atoms with Gasteiger partial charge in [0.1, 0.15) is 0 Å². The van der Waals surface area contributed by atoms with E-state index in [9.17, 15) is 0 Å². The third-order valence-electron chi connectivity index (χ3n) is 4.16. The van der Waals surface area contributed by atoms with Gasteiger partial charge in [-0.2, -0.15) is 0 Å². The fraction of sp³-hybridized carbons (Fsp3) is 0.692. The van der Waals surface area contributed by atoms with E-state index in [4.69, 9.17) is 0 Å². The minimum absolute atomic E-state index is 0.715. The van der Waals surface area contributed by atoms with Crippen LogP contribution in [0.5, 0.6) is 0 Å². The summed E-state index contributed by atoms with van der Waals surface area (Å²) >= 11 is 0. The molecule has 1 aromatic heterocycles. The molecule has 3 rings (SSSR count). The molecule has 3 heterocycles. The molecule has 0 bridgehead atoms. The van der Waals surface area contributed by atoms with Crippen LogP contribution in [0.1, 0.15) is 44.3 Å². The predicted octanol–water partition coefficient (Wildman–Crippen LogP) is 2.81. The lowest BCUT2D eigenvalue weighted by molar-refractivity contribution is 0.0548. The van der Waals surface area contributed by atoms with Crippen molar-refractivity contribution in [2.45, 2.75) is 51.2 Å². The third kappa shape index (κ3) is 1.43. The zero-order chi connectivity index (χ0) is 10.3. The molecule has 0 N–H and O–H groups in total. The van der Waals surface area contributed by atoms with Crippen LogP contribution in [-0.2, 0) is 6.54 Å². The summed E-state index contributed by atoms with van der Waals surface area (Å²) in [5.74, 6) is 0. The number of hydrogen-bond donors (Lipinski definition) is 0. The molecule has 2 aliphatic heterocycles. The summed E-state index contributed by atoms with van der Waals surface area (Å²) in [6.07, 6.45) is 7.73. The van der Waals surface area contributed by atoms with Gasteiger partial charge >= 0.3 is 0 Å². The Kier molecular flexibility index (Phi) is 2.32. The first-order valence-corrected chi connectivity index (χ1v) is 6.31. The highest BCUT2D eigenvalue weighted by molar-refractivity contribution is 5.15. The van der Waals surface area contributed by atoms with Gasteiger partial charge in [0.25, 0.3) is 0 Å². The first-order valence-electron chi connectivity index (χ1n) is 6.31. The van der Waals surface area contributed by atoms with Crippen molar-refractivity contribution in [1.82, 2.24) is 9.47 Å². The number of piperidine rings is 1. The van der Waals surface area contributed by atoms with Crippen LogP contribution in [0, 0.1) is 0 Å². The summed E-state index contributed by atoms with van der Waals surface area (Å²) in [4.78, 5) is 2.75. The van der Waals surface area contributed by atoms with Gasteiger partial charge in [-0.1, -0.05) is 6.92 Å².